The van der Waals surface area contributed by atoms with Crippen molar-refractivity contribution in [2.75, 3.05) is 11.9 Å². The van der Waals surface area contributed by atoms with Gasteiger partial charge in [0, 0.05) is 17.4 Å². The highest BCUT2D eigenvalue weighted by molar-refractivity contribution is 9.10. The average molecular weight is 510 g/mol. The number of anilines is 1. The molecule has 32 heavy (non-hydrogen) atoms. The van der Waals surface area contributed by atoms with Crippen LogP contribution in [0.4, 0.5) is 19.7 Å². The summed E-state index contributed by atoms with van der Waals surface area (Å²) in [5.41, 5.74) is -1.84. The Morgan fingerprint density at radius 3 is 2.56 bits per heavy atom. The number of carbonyl (C=O) groups is 2. The molecule has 9 nitrogen and oxygen atoms in total. The molecule has 0 aliphatic heterocycles. The zero-order valence-electron chi connectivity index (χ0n) is 18.5. The van der Waals surface area contributed by atoms with E-state index in [0.717, 1.165) is 0 Å². The fraction of sp³-hybridized carbons (Fsp3) is 0.429. The fourth-order valence-electron chi connectivity index (χ4n) is 2.97. The summed E-state index contributed by atoms with van der Waals surface area (Å²) in [4.78, 5) is 28.5. The van der Waals surface area contributed by atoms with Crippen LogP contribution < -0.4 is 10.6 Å². The lowest BCUT2D eigenvalue weighted by atomic mass is 9.90. The number of halogens is 2. The second-order valence-electron chi connectivity index (χ2n) is 8.13. The van der Waals surface area contributed by atoms with Gasteiger partial charge in [-0.05, 0) is 68.7 Å². The Labute approximate surface area is 194 Å². The quantitative estimate of drug-likeness (QED) is 0.584. The lowest BCUT2D eigenvalue weighted by Crippen LogP contribution is -2.49. The summed E-state index contributed by atoms with van der Waals surface area (Å²) in [5, 5.41) is 14.6. The van der Waals surface area contributed by atoms with Crippen molar-refractivity contribution in [2.24, 2.45) is 0 Å². The Morgan fingerprint density at radius 1 is 1.28 bits per heavy atom. The van der Waals surface area contributed by atoms with Gasteiger partial charge in [0.05, 0.1) is 18.7 Å². The van der Waals surface area contributed by atoms with Crippen molar-refractivity contribution in [3.05, 3.63) is 46.2 Å². The average Bonchev–Trinajstić information content (AvgIpc) is 3.00. The first kappa shape index (κ1) is 25.1. The second kappa shape index (κ2) is 9.99. The van der Waals surface area contributed by atoms with Crippen LogP contribution in [-0.2, 0) is 21.6 Å². The molecule has 1 aromatic heterocycles. The van der Waals surface area contributed by atoms with Crippen LogP contribution in [0.2, 0.25) is 0 Å². The number of ether oxygens (including phenoxy) is 2. The summed E-state index contributed by atoms with van der Waals surface area (Å²) in [7, 11) is 0. The minimum Gasteiger partial charge on any atom is -0.450 e. The predicted molar refractivity (Wildman–Crippen MR) is 118 cm³/mol. The number of hydrogen-bond donors (Lipinski definition) is 2. The van der Waals surface area contributed by atoms with Crippen LogP contribution in [0.5, 0.6) is 0 Å². The lowest BCUT2D eigenvalue weighted by Gasteiger charge is -2.33. The summed E-state index contributed by atoms with van der Waals surface area (Å²) in [6.07, 6.45) is 0.0738. The van der Waals surface area contributed by atoms with Gasteiger partial charge in [0.2, 0.25) is 5.82 Å². The third-order valence-corrected chi connectivity index (χ3v) is 4.58. The van der Waals surface area contributed by atoms with E-state index in [-0.39, 0.29) is 30.2 Å². The SMILES string of the molecule is CCOC(=O)Nc1ccc(F)c(C(C)(Cn2cc(Br)nc2C#N)NC(=O)OC(C)(C)C)c1. The van der Waals surface area contributed by atoms with Crippen LogP contribution in [0.1, 0.15) is 46.0 Å². The summed E-state index contributed by atoms with van der Waals surface area (Å²) >= 11 is 3.22. The maximum Gasteiger partial charge on any atom is 0.411 e. The monoisotopic (exact) mass is 509 g/mol. The van der Waals surface area contributed by atoms with E-state index in [4.69, 9.17) is 9.47 Å². The lowest BCUT2D eigenvalue weighted by molar-refractivity contribution is 0.0448. The first-order valence-corrected chi connectivity index (χ1v) is 10.5. The zero-order valence-corrected chi connectivity index (χ0v) is 20.0. The molecule has 11 heteroatoms. The van der Waals surface area contributed by atoms with Gasteiger partial charge in [-0.3, -0.25) is 5.32 Å². The number of nitrogens with zero attached hydrogens (tertiary/aromatic N) is 3. The van der Waals surface area contributed by atoms with Crippen LogP contribution in [-0.4, -0.2) is 33.9 Å². The van der Waals surface area contributed by atoms with Gasteiger partial charge in [-0.1, -0.05) is 0 Å². The molecule has 2 aromatic rings. The maximum absolute atomic E-state index is 15.0. The summed E-state index contributed by atoms with van der Waals surface area (Å²) in [6.45, 7) is 8.48. The van der Waals surface area contributed by atoms with Crippen molar-refractivity contribution in [1.82, 2.24) is 14.9 Å². The number of nitrogens with one attached hydrogen (secondary N) is 2. The number of carbonyl (C=O) groups excluding carboxylic acids is 2. The van der Waals surface area contributed by atoms with Crippen LogP contribution in [0, 0.1) is 17.1 Å². The smallest absolute Gasteiger partial charge is 0.411 e. The molecule has 1 unspecified atom stereocenters. The molecule has 1 atom stereocenters. The van der Waals surface area contributed by atoms with Gasteiger partial charge < -0.3 is 19.4 Å². The van der Waals surface area contributed by atoms with Gasteiger partial charge in [0.15, 0.2) is 0 Å². The molecule has 0 spiro atoms. The molecule has 0 radical (unpaired) electrons. The van der Waals surface area contributed by atoms with Gasteiger partial charge in [-0.25, -0.2) is 19.0 Å². The third-order valence-electron chi connectivity index (χ3n) is 4.19. The Bertz CT molecular complexity index is 1040. The number of hydrogen-bond acceptors (Lipinski definition) is 6. The molecule has 0 saturated heterocycles. The van der Waals surface area contributed by atoms with E-state index in [1.54, 1.807) is 40.8 Å². The molecule has 0 bridgehead atoms. The number of alkyl carbamates (subject to hydrolysis) is 1. The van der Waals surface area contributed by atoms with Gasteiger partial charge in [0.1, 0.15) is 22.1 Å². The summed E-state index contributed by atoms with van der Waals surface area (Å²) in [5.74, 6) is -0.564. The minimum absolute atomic E-state index is 0.0481. The Morgan fingerprint density at radius 2 is 1.97 bits per heavy atom. The third kappa shape index (κ3) is 6.68. The van der Waals surface area contributed by atoms with Crippen LogP contribution >= 0.6 is 15.9 Å². The number of aromatic nitrogens is 2. The van der Waals surface area contributed by atoms with Gasteiger partial charge in [-0.15, -0.1) is 0 Å². The van der Waals surface area contributed by atoms with Crippen molar-refractivity contribution in [3.63, 3.8) is 0 Å². The fourth-order valence-corrected chi connectivity index (χ4v) is 3.38. The Kier molecular flexibility index (Phi) is 7.85. The number of benzene rings is 1. The minimum atomic E-state index is -1.38. The molecule has 0 aliphatic rings. The molecule has 0 aliphatic carbocycles. The van der Waals surface area contributed by atoms with E-state index in [2.05, 4.69) is 31.5 Å². The highest BCUT2D eigenvalue weighted by Gasteiger charge is 2.35. The highest BCUT2D eigenvalue weighted by Crippen LogP contribution is 2.30. The van der Waals surface area contributed by atoms with Crippen molar-refractivity contribution < 1.29 is 23.5 Å². The van der Waals surface area contributed by atoms with Gasteiger partial charge >= 0.3 is 12.2 Å². The van der Waals surface area contributed by atoms with E-state index in [1.165, 1.54) is 22.8 Å². The van der Waals surface area contributed by atoms with Crippen LogP contribution in [0.3, 0.4) is 0 Å². The van der Waals surface area contributed by atoms with Crippen molar-refractivity contribution in [2.45, 2.75) is 52.3 Å². The number of amides is 2. The highest BCUT2D eigenvalue weighted by atomic mass is 79.9. The van der Waals surface area contributed by atoms with E-state index in [9.17, 15) is 19.2 Å². The van der Waals surface area contributed by atoms with Crippen molar-refractivity contribution in [3.8, 4) is 6.07 Å². The topological polar surface area (TPSA) is 118 Å². The van der Waals surface area contributed by atoms with Crippen LogP contribution in [0.15, 0.2) is 29.0 Å². The zero-order chi connectivity index (χ0) is 24.1. The Hall–Kier alpha value is -3.13. The normalized spacial score (nSPS) is 12.9. The molecule has 1 aromatic carbocycles. The largest absolute Gasteiger partial charge is 0.450 e. The Balaban J connectivity index is 2.51. The standard InChI is InChI=1S/C21H25BrFN5O4/c1-6-31-18(29)25-13-7-8-15(23)14(9-13)21(5,27-19(30)32-20(2,3)4)12-28-11-16(22)26-17(28)10-24/h7-9,11H,6,12H2,1-5H3,(H,25,29)(H,27,30). The first-order valence-electron chi connectivity index (χ1n) is 9.74. The van der Waals surface area contributed by atoms with E-state index < -0.39 is 29.1 Å². The van der Waals surface area contributed by atoms with E-state index in [1.807, 2.05) is 6.07 Å². The molecule has 2 amide bonds. The molecule has 2 N–H and O–H groups in total. The van der Waals surface area contributed by atoms with Gasteiger partial charge in [-0.2, -0.15) is 5.26 Å². The van der Waals surface area contributed by atoms with E-state index in [0.29, 0.717) is 4.60 Å². The van der Waals surface area contributed by atoms with Gasteiger partial charge in [0.25, 0.3) is 0 Å². The van der Waals surface area contributed by atoms with Crippen molar-refractivity contribution >= 4 is 33.8 Å². The summed E-state index contributed by atoms with van der Waals surface area (Å²) in [6, 6.07) is 5.89. The maximum atomic E-state index is 15.0. The van der Waals surface area contributed by atoms with E-state index >= 15 is 0 Å². The molecule has 1 heterocycles. The first-order chi connectivity index (χ1) is 14.9. The molecular formula is C21H25BrFN5O4. The second-order valence-corrected chi connectivity index (χ2v) is 8.94. The molecule has 0 saturated carbocycles. The number of rotatable bonds is 6. The molecule has 172 valence electrons. The number of imidazole rings is 1. The van der Waals surface area contributed by atoms with Crippen LogP contribution in [0.25, 0.3) is 0 Å². The predicted octanol–water partition coefficient (Wildman–Crippen LogP) is 4.66. The van der Waals surface area contributed by atoms with Crippen molar-refractivity contribution in [1.29, 1.82) is 5.26 Å². The summed E-state index contributed by atoms with van der Waals surface area (Å²) < 4.78 is 27.1. The molecule has 2 rings (SSSR count). The molecule has 0 fully saturated rings. The number of nitriles is 1. The molecular weight excluding hydrogens is 485 g/mol.